The van der Waals surface area contributed by atoms with Crippen LogP contribution in [0, 0.1) is 10.1 Å². The molecule has 7 nitrogen and oxygen atoms in total. The molecule has 1 fully saturated rings. The Balaban J connectivity index is 1.79. The molecule has 0 aliphatic carbocycles. The molecule has 0 spiro atoms. The van der Waals surface area contributed by atoms with Gasteiger partial charge in [0, 0.05) is 31.3 Å². The number of benzene rings is 1. The first-order chi connectivity index (χ1) is 11.7. The maximum Gasteiger partial charge on any atom is 0.412 e. The van der Waals surface area contributed by atoms with Gasteiger partial charge in [0.2, 0.25) is 0 Å². The zero-order valence-electron chi connectivity index (χ0n) is 13.5. The fourth-order valence-corrected chi connectivity index (χ4v) is 2.58. The number of alkyl halides is 3. The van der Waals surface area contributed by atoms with Gasteiger partial charge in [-0.1, -0.05) is 0 Å². The number of carbonyl (C=O) groups excluding carboxylic acids is 1. The summed E-state index contributed by atoms with van der Waals surface area (Å²) in [7, 11) is 0. The van der Waals surface area contributed by atoms with Crippen LogP contribution in [-0.4, -0.2) is 47.3 Å². The van der Waals surface area contributed by atoms with Crippen molar-refractivity contribution >= 4 is 11.8 Å². The molecule has 0 aromatic heterocycles. The summed E-state index contributed by atoms with van der Waals surface area (Å²) < 4.78 is 43.1. The lowest BCUT2D eigenvalue weighted by Crippen LogP contribution is -2.51. The lowest BCUT2D eigenvalue weighted by atomic mass is 10.0. The van der Waals surface area contributed by atoms with Gasteiger partial charge in [0.25, 0.3) is 5.69 Å². The molecule has 1 heterocycles. The Morgan fingerprint density at radius 2 is 1.88 bits per heavy atom. The number of piperidine rings is 1. The number of nitro groups is 1. The fourth-order valence-electron chi connectivity index (χ4n) is 2.58. The number of nitrogens with zero attached hydrogens (tertiary/aromatic N) is 2. The smallest absolute Gasteiger partial charge is 0.410 e. The second-order valence-corrected chi connectivity index (χ2v) is 5.81. The number of carbonyl (C=O) groups is 1. The minimum absolute atomic E-state index is 0.126. The zero-order chi connectivity index (χ0) is 18.6. The largest absolute Gasteiger partial charge is 0.412 e. The lowest BCUT2D eigenvalue weighted by molar-refractivity contribution is -0.384. The first-order valence-electron chi connectivity index (χ1n) is 7.70. The van der Waals surface area contributed by atoms with Crippen LogP contribution < -0.4 is 10.1 Å². The van der Waals surface area contributed by atoms with Crippen LogP contribution in [0.3, 0.4) is 0 Å². The molecule has 1 aliphatic heterocycles. The highest BCUT2D eigenvalue weighted by Gasteiger charge is 2.41. The lowest BCUT2D eigenvalue weighted by Gasteiger charge is -2.36. The number of halogens is 3. The van der Waals surface area contributed by atoms with Crippen molar-refractivity contribution in [1.82, 2.24) is 10.2 Å². The molecule has 0 bridgehead atoms. The summed E-state index contributed by atoms with van der Waals surface area (Å²) in [6, 6.07) is 3.22. The van der Waals surface area contributed by atoms with Crippen molar-refractivity contribution in [3.8, 4) is 5.75 Å². The van der Waals surface area contributed by atoms with E-state index in [-0.39, 0.29) is 30.6 Å². The van der Waals surface area contributed by atoms with Gasteiger partial charge in [-0.15, -0.1) is 0 Å². The number of amides is 1. The summed E-state index contributed by atoms with van der Waals surface area (Å²) in [4.78, 5) is 23.1. The number of non-ortho nitro benzene ring substituents is 1. The first kappa shape index (κ1) is 19.0. The summed E-state index contributed by atoms with van der Waals surface area (Å²) in [6.07, 6.45) is -4.24. The van der Waals surface area contributed by atoms with E-state index in [0.717, 1.165) is 6.92 Å². The topological polar surface area (TPSA) is 84.7 Å². The second-order valence-electron chi connectivity index (χ2n) is 5.81. The van der Waals surface area contributed by atoms with E-state index in [9.17, 15) is 28.1 Å². The van der Waals surface area contributed by atoms with Crippen LogP contribution in [0.1, 0.15) is 19.8 Å². The summed E-state index contributed by atoms with van der Waals surface area (Å²) in [6.45, 7) is 1.57. The number of hydrogen-bond donors (Lipinski definition) is 1. The van der Waals surface area contributed by atoms with Gasteiger partial charge in [-0.2, -0.15) is 13.2 Å². The van der Waals surface area contributed by atoms with Gasteiger partial charge >= 0.3 is 12.3 Å². The third-order valence-corrected chi connectivity index (χ3v) is 4.13. The molecule has 1 amide bonds. The minimum atomic E-state index is -4.27. The molecule has 2 rings (SSSR count). The second kappa shape index (κ2) is 7.68. The number of hydrogen-bond acceptors (Lipinski definition) is 5. The molecule has 138 valence electrons. The van der Waals surface area contributed by atoms with Crippen molar-refractivity contribution in [2.24, 2.45) is 0 Å². The van der Waals surface area contributed by atoms with E-state index in [4.69, 9.17) is 4.74 Å². The average molecular weight is 361 g/mol. The number of nitrogens with one attached hydrogen (secondary N) is 1. The van der Waals surface area contributed by atoms with E-state index in [1.807, 2.05) is 0 Å². The van der Waals surface area contributed by atoms with E-state index in [2.05, 4.69) is 5.32 Å². The molecule has 10 heteroatoms. The van der Waals surface area contributed by atoms with Gasteiger partial charge in [0.05, 0.1) is 4.92 Å². The maximum absolute atomic E-state index is 12.7. The molecule has 1 aromatic carbocycles. The monoisotopic (exact) mass is 361 g/mol. The van der Waals surface area contributed by atoms with Crippen LogP contribution in [0.25, 0.3) is 0 Å². The number of likely N-dealkylation sites (tertiary alicyclic amines) is 1. The summed E-state index contributed by atoms with van der Waals surface area (Å²) in [5, 5.41) is 13.1. The Morgan fingerprint density at radius 3 is 2.36 bits per heavy atom. The molecular formula is C15H18F3N3O4. The predicted octanol–water partition coefficient (Wildman–Crippen LogP) is 3.10. The van der Waals surface area contributed by atoms with Gasteiger partial charge in [-0.25, -0.2) is 4.79 Å². The average Bonchev–Trinajstić information content (AvgIpc) is 2.54. The highest BCUT2D eigenvalue weighted by Crippen LogP contribution is 2.26. The van der Waals surface area contributed by atoms with Crippen molar-refractivity contribution < 1.29 is 27.6 Å². The van der Waals surface area contributed by atoms with Gasteiger partial charge in [0.15, 0.2) is 0 Å². The van der Waals surface area contributed by atoms with Crippen molar-refractivity contribution in [3.63, 3.8) is 0 Å². The molecule has 0 radical (unpaired) electrons. The summed E-state index contributed by atoms with van der Waals surface area (Å²) in [5.41, 5.74) is -0.126. The molecule has 1 unspecified atom stereocenters. The summed E-state index contributed by atoms with van der Waals surface area (Å²) in [5.74, 6) is 0.145. The van der Waals surface area contributed by atoms with Crippen LogP contribution in [0.5, 0.6) is 5.75 Å². The Bertz CT molecular complexity index is 613. The summed E-state index contributed by atoms with van der Waals surface area (Å²) >= 11 is 0. The van der Waals surface area contributed by atoms with Gasteiger partial charge in [-0.05, 0) is 31.9 Å². The Kier molecular flexibility index (Phi) is 5.83. The Hall–Kier alpha value is -2.36. The van der Waals surface area contributed by atoms with Crippen molar-refractivity contribution in [2.45, 2.75) is 38.0 Å². The Labute approximate surface area is 141 Å². The van der Waals surface area contributed by atoms with Crippen molar-refractivity contribution in [3.05, 3.63) is 34.4 Å². The molecule has 0 saturated carbocycles. The van der Waals surface area contributed by atoms with Crippen LogP contribution in [0.2, 0.25) is 0 Å². The van der Waals surface area contributed by atoms with E-state index in [1.54, 1.807) is 0 Å². The first-order valence-corrected chi connectivity index (χ1v) is 7.70. The van der Waals surface area contributed by atoms with Gasteiger partial charge < -0.3 is 10.1 Å². The molecule has 1 atom stereocenters. The highest BCUT2D eigenvalue weighted by molar-refractivity contribution is 5.70. The molecular weight excluding hydrogens is 343 g/mol. The highest BCUT2D eigenvalue weighted by atomic mass is 19.4. The molecule has 25 heavy (non-hydrogen) atoms. The van der Waals surface area contributed by atoms with Crippen LogP contribution in [0.4, 0.5) is 23.7 Å². The third-order valence-electron chi connectivity index (χ3n) is 4.13. The van der Waals surface area contributed by atoms with E-state index < -0.39 is 23.2 Å². The van der Waals surface area contributed by atoms with Crippen LogP contribution >= 0.6 is 0 Å². The fraction of sp³-hybridized carbons (Fsp3) is 0.533. The predicted molar refractivity (Wildman–Crippen MR) is 82.4 cm³/mol. The molecule has 1 saturated heterocycles. The molecule has 1 aromatic rings. The van der Waals surface area contributed by atoms with E-state index >= 15 is 0 Å². The zero-order valence-corrected chi connectivity index (χ0v) is 13.5. The van der Waals surface area contributed by atoms with Crippen molar-refractivity contribution in [1.29, 1.82) is 0 Å². The van der Waals surface area contributed by atoms with Gasteiger partial charge in [-0.3, -0.25) is 15.0 Å². The number of ether oxygens (including phenoxy) is 1. The number of rotatable bonds is 4. The standard InChI is InChI=1S/C15H18F3N3O4/c1-10(15(16,17)18)20-8-6-11(7-9-20)19-14(22)25-13-4-2-12(3-5-13)21(23)24/h2-5,10-11H,6-9H2,1H3,(H,19,22). The minimum Gasteiger partial charge on any atom is -0.410 e. The number of nitro benzene ring substituents is 1. The van der Waals surface area contributed by atoms with Crippen LogP contribution in [-0.2, 0) is 0 Å². The SMILES string of the molecule is CC(N1CCC(NC(=O)Oc2ccc([N+](=O)[O-])cc2)CC1)C(F)(F)F. The molecule has 1 aliphatic rings. The van der Waals surface area contributed by atoms with Gasteiger partial charge in [0.1, 0.15) is 11.8 Å². The van der Waals surface area contributed by atoms with Crippen LogP contribution in [0.15, 0.2) is 24.3 Å². The van der Waals surface area contributed by atoms with E-state index in [0.29, 0.717) is 12.8 Å². The van der Waals surface area contributed by atoms with E-state index in [1.165, 1.54) is 29.2 Å². The normalized spacial score (nSPS) is 17.8. The maximum atomic E-state index is 12.7. The van der Waals surface area contributed by atoms with Crippen molar-refractivity contribution in [2.75, 3.05) is 13.1 Å². The molecule has 1 N–H and O–H groups in total. The third kappa shape index (κ3) is 5.31. The Morgan fingerprint density at radius 1 is 1.32 bits per heavy atom. The quantitative estimate of drug-likeness (QED) is 0.658.